The van der Waals surface area contributed by atoms with Crippen molar-refractivity contribution in [2.75, 3.05) is 0 Å². The molecule has 2 heteroatoms. The number of hydrogen-bond donors (Lipinski definition) is 1. The Morgan fingerprint density at radius 3 is 2.20 bits per heavy atom. The summed E-state index contributed by atoms with van der Waals surface area (Å²) in [7, 11) is 0. The third-order valence-electron chi connectivity index (χ3n) is 0.312. The molecule has 1 N–H and O–H groups in total. The number of aliphatic hydroxyl groups is 1. The van der Waals surface area contributed by atoms with E-state index in [1.54, 1.807) is 0 Å². The third-order valence-corrected chi connectivity index (χ3v) is 0.715. The Balaban J connectivity index is 2.54. The van der Waals surface area contributed by atoms with Crippen LogP contribution in [0.3, 0.4) is 0 Å². The molecule has 0 amide bonds. The summed E-state index contributed by atoms with van der Waals surface area (Å²) in [6.45, 7) is 1.86. The summed E-state index contributed by atoms with van der Waals surface area (Å²) in [6.07, 6.45) is 0.694. The van der Waals surface area contributed by atoms with E-state index >= 15 is 0 Å². The number of rotatable bonds is 1. The molecule has 0 saturated heterocycles. The van der Waals surface area contributed by atoms with Crippen molar-refractivity contribution in [1.29, 1.82) is 0 Å². The van der Waals surface area contributed by atoms with E-state index in [2.05, 4.69) is 15.5 Å². The van der Waals surface area contributed by atoms with E-state index in [4.69, 9.17) is 5.11 Å². The Morgan fingerprint density at radius 2 is 2.20 bits per heavy atom. The quantitative estimate of drug-likeness (QED) is 0.489. The maximum atomic E-state index is 8.19. The first-order valence-corrected chi connectivity index (χ1v) is 2.13. The van der Waals surface area contributed by atoms with Crippen molar-refractivity contribution >= 4 is 0 Å². The molecule has 0 spiro atoms. The first-order valence-electron chi connectivity index (χ1n) is 1.56. The molecule has 1 nitrogen and oxygen atoms in total. The molecule has 0 aliphatic heterocycles. The molecule has 1 unspecified atom stereocenters. The van der Waals surface area contributed by atoms with Gasteiger partial charge in [-0.05, 0) is 0 Å². The summed E-state index contributed by atoms with van der Waals surface area (Å²) in [5, 5.41) is 7.70. The minimum atomic E-state index is -0.491. The summed E-state index contributed by atoms with van der Waals surface area (Å²) >= 11 is 4.08. The molecule has 0 fully saturated rings. The molecule has 0 radical (unpaired) electrons. The first-order chi connectivity index (χ1) is 2.27. The second-order valence-corrected chi connectivity index (χ2v) is 1.46. The van der Waals surface area contributed by atoms with E-state index in [1.807, 2.05) is 6.92 Å². The summed E-state index contributed by atoms with van der Waals surface area (Å²) in [5.41, 5.74) is 0. The van der Waals surface area contributed by atoms with Gasteiger partial charge in [0.1, 0.15) is 0 Å². The molecule has 0 bridgehead atoms. The van der Waals surface area contributed by atoms with Gasteiger partial charge in [-0.15, -0.1) is 0 Å². The van der Waals surface area contributed by atoms with Crippen LogP contribution in [0.1, 0.15) is 13.3 Å². The first kappa shape index (κ1) is 5.45. The van der Waals surface area contributed by atoms with Gasteiger partial charge in [-0.1, -0.05) is 0 Å². The Morgan fingerprint density at radius 1 is 2.00 bits per heavy atom. The Kier molecular flexibility index (Phi) is 2.92. The van der Waals surface area contributed by atoms with Crippen LogP contribution in [-0.2, 0) is 15.5 Å². The molecule has 0 aromatic rings. The van der Waals surface area contributed by atoms with Gasteiger partial charge in [0.25, 0.3) is 0 Å². The summed E-state index contributed by atoms with van der Waals surface area (Å²) < 4.78 is 0. The number of aliphatic hydroxyl groups excluding tert-OH is 1. The van der Waals surface area contributed by atoms with E-state index in [0.717, 1.165) is 0 Å². The van der Waals surface area contributed by atoms with Crippen LogP contribution in [0.25, 0.3) is 0 Å². The molecule has 0 heterocycles. The predicted molar refractivity (Wildman–Crippen MR) is 16.3 cm³/mol. The van der Waals surface area contributed by atoms with Crippen molar-refractivity contribution in [3.8, 4) is 0 Å². The zero-order valence-corrected chi connectivity index (χ0v) is 4.04. The minimum absolute atomic E-state index is 0.491. The molecule has 0 aliphatic carbocycles. The van der Waals surface area contributed by atoms with Crippen LogP contribution >= 0.6 is 0 Å². The predicted octanol–water partition coefficient (Wildman–Crippen LogP) is 0.262. The van der Waals surface area contributed by atoms with Crippen molar-refractivity contribution in [2.45, 2.75) is 18.4 Å². The molecular formula is C3H7NiO. The third kappa shape index (κ3) is 4.45. The summed E-state index contributed by atoms with van der Waals surface area (Å²) in [6, 6.07) is 0. The van der Waals surface area contributed by atoms with Gasteiger partial charge in [-0.3, -0.25) is 0 Å². The molecule has 0 saturated carbocycles. The van der Waals surface area contributed by atoms with Gasteiger partial charge in [-0.2, -0.15) is 0 Å². The van der Waals surface area contributed by atoms with Crippen LogP contribution in [0.5, 0.6) is 0 Å². The van der Waals surface area contributed by atoms with Gasteiger partial charge in [-0.25, -0.2) is 0 Å². The molecular weight excluding hydrogens is 111 g/mol. The molecule has 5 heavy (non-hydrogen) atoms. The standard InChI is InChI=1S/C3H7O.Ni/c1-2-3-4;/h3-4H,2H2,1H3;. The molecule has 0 aromatic heterocycles. The van der Waals surface area contributed by atoms with Gasteiger partial charge in [0.15, 0.2) is 0 Å². The normalized spacial score (nSPS) is 15.2. The van der Waals surface area contributed by atoms with E-state index < -0.39 is 5.07 Å². The Bertz CT molecular complexity index is 20.9. The van der Waals surface area contributed by atoms with Crippen LogP contribution in [0.15, 0.2) is 0 Å². The zero-order chi connectivity index (χ0) is 4.28. The van der Waals surface area contributed by atoms with E-state index in [1.165, 1.54) is 0 Å². The monoisotopic (exact) mass is 117 g/mol. The van der Waals surface area contributed by atoms with Crippen molar-refractivity contribution in [3.63, 3.8) is 0 Å². The fourth-order valence-corrected chi connectivity index (χ4v) is 0. The fourth-order valence-electron chi connectivity index (χ4n) is 0. The van der Waals surface area contributed by atoms with Gasteiger partial charge in [0.05, 0.1) is 0 Å². The summed E-state index contributed by atoms with van der Waals surface area (Å²) in [5.74, 6) is 0. The van der Waals surface area contributed by atoms with E-state index in [9.17, 15) is 0 Å². The molecule has 0 rings (SSSR count). The van der Waals surface area contributed by atoms with Crippen molar-refractivity contribution in [1.82, 2.24) is 0 Å². The average Bonchev–Trinajstić information content (AvgIpc) is 1.38. The van der Waals surface area contributed by atoms with Crippen LogP contribution in [0.4, 0.5) is 0 Å². The van der Waals surface area contributed by atoms with Gasteiger partial charge in [0.2, 0.25) is 0 Å². The van der Waals surface area contributed by atoms with E-state index in [-0.39, 0.29) is 0 Å². The molecule has 35 valence electrons. The number of hydrogen-bond acceptors (Lipinski definition) is 1. The molecule has 1 atom stereocenters. The van der Waals surface area contributed by atoms with Crippen molar-refractivity contribution < 1.29 is 20.6 Å². The second kappa shape index (κ2) is 2.68. The van der Waals surface area contributed by atoms with Crippen molar-refractivity contribution in [2.24, 2.45) is 0 Å². The van der Waals surface area contributed by atoms with Gasteiger partial charge in [0, 0.05) is 0 Å². The van der Waals surface area contributed by atoms with E-state index in [0.29, 0.717) is 6.42 Å². The topological polar surface area (TPSA) is 20.2 Å². The molecule has 0 aliphatic rings. The fraction of sp³-hybridized carbons (Fsp3) is 1.00. The second-order valence-electron chi connectivity index (χ2n) is 0.802. The van der Waals surface area contributed by atoms with Crippen LogP contribution in [-0.4, -0.2) is 10.2 Å². The summed E-state index contributed by atoms with van der Waals surface area (Å²) in [4.78, 5) is 0. The SMILES string of the molecule is CC[CH](O)[Ni]. The van der Waals surface area contributed by atoms with Crippen LogP contribution in [0.2, 0.25) is 0 Å². The Hall–Kier alpha value is 0.454. The van der Waals surface area contributed by atoms with Gasteiger partial charge >= 0.3 is 39.0 Å². The average molecular weight is 118 g/mol. The van der Waals surface area contributed by atoms with Crippen LogP contribution in [0, 0.1) is 0 Å². The maximum absolute atomic E-state index is 8.19. The van der Waals surface area contributed by atoms with Crippen molar-refractivity contribution in [3.05, 3.63) is 0 Å². The molecule has 0 aromatic carbocycles. The Labute approximate surface area is 39.8 Å². The van der Waals surface area contributed by atoms with Gasteiger partial charge < -0.3 is 0 Å². The zero-order valence-electron chi connectivity index (χ0n) is 3.05. The van der Waals surface area contributed by atoms with Crippen LogP contribution < -0.4 is 0 Å².